The molecule has 1 heterocycles. The summed E-state index contributed by atoms with van der Waals surface area (Å²) in [6, 6.07) is 2.47. The van der Waals surface area contributed by atoms with Crippen molar-refractivity contribution in [2.45, 2.75) is 26.8 Å². The molecular formula is C12H20NO5P. The van der Waals surface area contributed by atoms with Crippen molar-refractivity contribution in [1.82, 2.24) is 4.57 Å². The summed E-state index contributed by atoms with van der Waals surface area (Å²) < 4.78 is 24.1. The molecule has 108 valence electrons. The summed E-state index contributed by atoms with van der Waals surface area (Å²) in [4.78, 5) is 11.8. The molecule has 0 aliphatic heterocycles. The van der Waals surface area contributed by atoms with Crippen molar-refractivity contribution in [2.75, 3.05) is 19.4 Å². The van der Waals surface area contributed by atoms with Crippen LogP contribution in [0.1, 0.15) is 26.8 Å². The van der Waals surface area contributed by atoms with Gasteiger partial charge in [-0.2, -0.15) is 0 Å². The van der Waals surface area contributed by atoms with Gasteiger partial charge in [-0.3, -0.25) is 9.36 Å². The van der Waals surface area contributed by atoms with Gasteiger partial charge in [-0.1, -0.05) is 0 Å². The van der Waals surface area contributed by atoms with Gasteiger partial charge in [-0.05, 0) is 32.9 Å². The van der Waals surface area contributed by atoms with Crippen LogP contribution >= 0.6 is 7.60 Å². The number of hydrogen-bond donors (Lipinski definition) is 1. The van der Waals surface area contributed by atoms with Gasteiger partial charge in [0.25, 0.3) is 5.56 Å². The summed E-state index contributed by atoms with van der Waals surface area (Å²) in [6.07, 6.45) is 1.62. The second-order valence-corrected chi connectivity index (χ2v) is 6.19. The van der Waals surface area contributed by atoms with Crippen molar-refractivity contribution in [3.8, 4) is 5.75 Å². The number of nitrogens with zero attached hydrogens (tertiary/aromatic N) is 1. The summed E-state index contributed by atoms with van der Waals surface area (Å²) in [5.41, 5.74) is -0.519. The van der Waals surface area contributed by atoms with Crippen molar-refractivity contribution >= 4 is 7.60 Å². The van der Waals surface area contributed by atoms with Gasteiger partial charge in [0.1, 0.15) is 0 Å². The van der Waals surface area contributed by atoms with E-state index in [4.69, 9.17) is 9.05 Å². The SMILES string of the molecule is CCOP(=O)(CC(C)n1cccc(O)c1=O)OCC. The zero-order valence-corrected chi connectivity index (χ0v) is 12.3. The number of rotatable bonds is 7. The first-order valence-corrected chi connectivity index (χ1v) is 7.94. The van der Waals surface area contributed by atoms with E-state index in [0.717, 1.165) is 0 Å². The van der Waals surface area contributed by atoms with Gasteiger partial charge in [0.2, 0.25) is 0 Å². The lowest BCUT2D eigenvalue weighted by molar-refractivity contribution is 0.216. The Hall–Kier alpha value is -1.10. The Kier molecular flexibility index (Phi) is 5.79. The van der Waals surface area contributed by atoms with Crippen LogP contribution in [0.25, 0.3) is 0 Å². The second-order valence-electron chi connectivity index (χ2n) is 4.08. The fourth-order valence-corrected chi connectivity index (χ4v) is 3.69. The van der Waals surface area contributed by atoms with Gasteiger partial charge in [-0.15, -0.1) is 0 Å². The summed E-state index contributed by atoms with van der Waals surface area (Å²) >= 11 is 0. The summed E-state index contributed by atoms with van der Waals surface area (Å²) in [5, 5.41) is 9.39. The third-order valence-corrected chi connectivity index (χ3v) is 4.85. The first-order valence-electron chi connectivity index (χ1n) is 6.21. The highest BCUT2D eigenvalue weighted by molar-refractivity contribution is 7.53. The average molecular weight is 289 g/mol. The van der Waals surface area contributed by atoms with Crippen molar-refractivity contribution in [2.24, 2.45) is 0 Å². The van der Waals surface area contributed by atoms with E-state index in [1.54, 1.807) is 26.8 Å². The Bertz CT molecular complexity index is 503. The predicted molar refractivity (Wildman–Crippen MR) is 72.8 cm³/mol. The van der Waals surface area contributed by atoms with Gasteiger partial charge in [0.05, 0.1) is 19.4 Å². The second kappa shape index (κ2) is 6.89. The van der Waals surface area contributed by atoms with E-state index < -0.39 is 19.2 Å². The molecule has 0 saturated heterocycles. The van der Waals surface area contributed by atoms with E-state index in [1.807, 2.05) is 0 Å². The quantitative estimate of drug-likeness (QED) is 0.780. The number of aromatic hydroxyl groups is 1. The molecule has 1 N–H and O–H groups in total. The Morgan fingerprint density at radius 1 is 1.37 bits per heavy atom. The monoisotopic (exact) mass is 289 g/mol. The summed E-state index contributed by atoms with van der Waals surface area (Å²) in [5.74, 6) is -0.336. The minimum absolute atomic E-state index is 0.0814. The number of aromatic nitrogens is 1. The van der Waals surface area contributed by atoms with E-state index in [1.165, 1.54) is 16.8 Å². The molecule has 0 bridgehead atoms. The molecule has 0 amide bonds. The van der Waals surface area contributed by atoms with E-state index in [-0.39, 0.29) is 25.1 Å². The zero-order valence-electron chi connectivity index (χ0n) is 11.4. The molecule has 1 atom stereocenters. The molecule has 1 rings (SSSR count). The molecule has 1 aromatic heterocycles. The van der Waals surface area contributed by atoms with Crippen LogP contribution in [-0.4, -0.2) is 29.0 Å². The minimum atomic E-state index is -3.22. The first kappa shape index (κ1) is 16.0. The summed E-state index contributed by atoms with van der Waals surface area (Å²) in [7, 11) is -3.22. The van der Waals surface area contributed by atoms with Crippen LogP contribution < -0.4 is 5.56 Å². The maximum Gasteiger partial charge on any atom is 0.332 e. The minimum Gasteiger partial charge on any atom is -0.503 e. The first-order chi connectivity index (χ1) is 8.93. The Balaban J connectivity index is 2.94. The van der Waals surface area contributed by atoms with E-state index >= 15 is 0 Å². The van der Waals surface area contributed by atoms with Crippen molar-refractivity contribution < 1.29 is 18.7 Å². The van der Waals surface area contributed by atoms with E-state index in [9.17, 15) is 14.5 Å². The average Bonchev–Trinajstić information content (AvgIpc) is 2.32. The molecule has 19 heavy (non-hydrogen) atoms. The Labute approximate surface area is 112 Å². The van der Waals surface area contributed by atoms with E-state index in [2.05, 4.69) is 0 Å². The van der Waals surface area contributed by atoms with Crippen molar-refractivity contribution in [1.29, 1.82) is 0 Å². The third kappa shape index (κ3) is 4.20. The van der Waals surface area contributed by atoms with Crippen LogP contribution in [0, 0.1) is 0 Å². The molecule has 7 heteroatoms. The van der Waals surface area contributed by atoms with Crippen LogP contribution in [0.15, 0.2) is 23.1 Å². The third-order valence-electron chi connectivity index (χ3n) is 2.57. The largest absolute Gasteiger partial charge is 0.503 e. The molecule has 0 radical (unpaired) electrons. The van der Waals surface area contributed by atoms with Crippen molar-refractivity contribution in [3.63, 3.8) is 0 Å². The molecular weight excluding hydrogens is 269 g/mol. The molecule has 0 aliphatic carbocycles. The normalized spacial score (nSPS) is 13.4. The van der Waals surface area contributed by atoms with Crippen LogP contribution in [0.2, 0.25) is 0 Å². The maximum atomic E-state index is 12.4. The van der Waals surface area contributed by atoms with Gasteiger partial charge >= 0.3 is 7.60 Å². The molecule has 0 aromatic carbocycles. The number of pyridine rings is 1. The molecule has 0 aliphatic rings. The topological polar surface area (TPSA) is 77.8 Å². The number of hydrogen-bond acceptors (Lipinski definition) is 5. The molecule has 6 nitrogen and oxygen atoms in total. The highest BCUT2D eigenvalue weighted by Crippen LogP contribution is 2.50. The van der Waals surface area contributed by atoms with Crippen LogP contribution in [0.4, 0.5) is 0 Å². The molecule has 0 fully saturated rings. The predicted octanol–water partition coefficient (Wildman–Crippen LogP) is 2.38. The standard InChI is InChI=1S/C12H20NO5P/c1-4-17-19(16,18-5-2)9-10(3)13-8-6-7-11(14)12(13)15/h6-8,10,14H,4-5,9H2,1-3H3. The van der Waals surface area contributed by atoms with E-state index in [0.29, 0.717) is 0 Å². The van der Waals surface area contributed by atoms with Gasteiger partial charge in [0.15, 0.2) is 5.75 Å². The zero-order chi connectivity index (χ0) is 14.5. The summed E-state index contributed by atoms with van der Waals surface area (Å²) in [6.45, 7) is 5.75. The lowest BCUT2D eigenvalue weighted by Gasteiger charge is -2.22. The molecule has 1 unspecified atom stereocenters. The maximum absolute atomic E-state index is 12.4. The van der Waals surface area contributed by atoms with Gasteiger partial charge in [-0.25, -0.2) is 0 Å². The highest BCUT2D eigenvalue weighted by atomic mass is 31.2. The lowest BCUT2D eigenvalue weighted by atomic mass is 10.3. The Morgan fingerprint density at radius 3 is 2.47 bits per heavy atom. The lowest BCUT2D eigenvalue weighted by Crippen LogP contribution is -2.24. The smallest absolute Gasteiger partial charge is 0.332 e. The fraction of sp³-hybridized carbons (Fsp3) is 0.583. The van der Waals surface area contributed by atoms with Crippen LogP contribution in [-0.2, 0) is 13.6 Å². The highest BCUT2D eigenvalue weighted by Gasteiger charge is 2.27. The molecule has 0 saturated carbocycles. The van der Waals surface area contributed by atoms with Gasteiger partial charge < -0.3 is 18.7 Å². The molecule has 0 spiro atoms. The van der Waals surface area contributed by atoms with Crippen molar-refractivity contribution in [3.05, 3.63) is 28.7 Å². The fourth-order valence-electron chi connectivity index (χ4n) is 1.79. The Morgan fingerprint density at radius 2 is 1.95 bits per heavy atom. The molecule has 1 aromatic rings. The van der Waals surface area contributed by atoms with Gasteiger partial charge in [0, 0.05) is 12.2 Å². The van der Waals surface area contributed by atoms with Crippen LogP contribution in [0.5, 0.6) is 5.75 Å². The van der Waals surface area contributed by atoms with Crippen LogP contribution in [0.3, 0.4) is 0 Å².